The fourth-order valence-electron chi connectivity index (χ4n) is 0.231. The van der Waals surface area contributed by atoms with E-state index in [-0.39, 0.29) is 6.79 Å². The molecule has 0 spiro atoms. The molecule has 0 aliphatic rings. The molecule has 0 aromatic rings. The van der Waals surface area contributed by atoms with Gasteiger partial charge in [-0.1, -0.05) is 0 Å². The molecule has 0 aliphatic heterocycles. The second-order valence-corrected chi connectivity index (χ2v) is 1.56. The summed E-state index contributed by atoms with van der Waals surface area (Å²) in [5, 5.41) is 8.05. The van der Waals surface area contributed by atoms with E-state index in [0.29, 0.717) is 6.61 Å². The second-order valence-electron chi connectivity index (χ2n) is 1.11. The zero-order valence-electron chi connectivity index (χ0n) is 4.13. The van der Waals surface area contributed by atoms with Crippen LogP contribution in [0, 0.1) is 0 Å². The highest BCUT2D eigenvalue weighted by Crippen LogP contribution is 1.82. The summed E-state index contributed by atoms with van der Waals surface area (Å²) in [5.41, 5.74) is 0. The molecule has 0 saturated carbocycles. The Hall–Kier alpha value is 0.270. The first-order valence-corrected chi connectivity index (χ1v) is 2.84. The highest BCUT2D eigenvalue weighted by atomic mass is 32.1. The molecular formula is C4H10O2S. The lowest BCUT2D eigenvalue weighted by Gasteiger charge is -1.93. The fourth-order valence-corrected chi connectivity index (χ4v) is 0.360. The number of thiol groups is 1. The summed E-state index contributed by atoms with van der Waals surface area (Å²) in [6, 6.07) is 0. The van der Waals surface area contributed by atoms with E-state index in [1.165, 1.54) is 0 Å². The number of aliphatic hydroxyl groups excluding tert-OH is 1. The minimum atomic E-state index is -0.173. The van der Waals surface area contributed by atoms with Crippen molar-refractivity contribution in [3.8, 4) is 0 Å². The molecule has 0 atom stereocenters. The Morgan fingerprint density at radius 1 is 1.57 bits per heavy atom. The third-order valence-corrected chi connectivity index (χ3v) is 0.854. The zero-order valence-corrected chi connectivity index (χ0v) is 5.03. The molecule has 0 amide bonds. The molecule has 0 radical (unpaired) electrons. The van der Waals surface area contributed by atoms with Crippen LogP contribution in [0.25, 0.3) is 0 Å². The summed E-state index contributed by atoms with van der Waals surface area (Å²) < 4.78 is 4.58. The van der Waals surface area contributed by atoms with Crippen molar-refractivity contribution in [1.29, 1.82) is 0 Å². The van der Waals surface area contributed by atoms with Crippen LogP contribution in [0.15, 0.2) is 0 Å². The van der Waals surface area contributed by atoms with E-state index < -0.39 is 0 Å². The second kappa shape index (κ2) is 6.27. The predicted molar refractivity (Wildman–Crippen MR) is 31.5 cm³/mol. The van der Waals surface area contributed by atoms with Gasteiger partial charge in [-0.2, -0.15) is 12.6 Å². The third kappa shape index (κ3) is 6.27. The fraction of sp³-hybridized carbons (Fsp3) is 1.00. The number of aliphatic hydroxyl groups is 1. The Morgan fingerprint density at radius 3 is 2.71 bits per heavy atom. The first-order valence-electron chi connectivity index (χ1n) is 2.21. The van der Waals surface area contributed by atoms with Gasteiger partial charge in [0.25, 0.3) is 0 Å². The SMILES string of the molecule is OCOCCCS. The molecule has 0 rings (SSSR count). The molecule has 2 nitrogen and oxygen atoms in total. The maximum atomic E-state index is 8.05. The largest absolute Gasteiger partial charge is 0.371 e. The maximum Gasteiger partial charge on any atom is 0.143 e. The Morgan fingerprint density at radius 2 is 2.29 bits per heavy atom. The summed E-state index contributed by atoms with van der Waals surface area (Å²) in [5.74, 6) is 0.819. The third-order valence-electron chi connectivity index (χ3n) is 0.538. The molecular weight excluding hydrogens is 112 g/mol. The molecule has 0 fully saturated rings. The van der Waals surface area contributed by atoms with Crippen molar-refractivity contribution in [2.45, 2.75) is 6.42 Å². The average molecular weight is 122 g/mol. The first kappa shape index (κ1) is 7.27. The van der Waals surface area contributed by atoms with E-state index in [1.54, 1.807) is 0 Å². The summed E-state index contributed by atoms with van der Waals surface area (Å²) >= 11 is 3.93. The van der Waals surface area contributed by atoms with Gasteiger partial charge in [-0.3, -0.25) is 0 Å². The summed E-state index contributed by atoms with van der Waals surface area (Å²) in [4.78, 5) is 0. The van der Waals surface area contributed by atoms with Crippen molar-refractivity contribution in [3.05, 3.63) is 0 Å². The van der Waals surface area contributed by atoms with Crippen LogP contribution < -0.4 is 0 Å². The van der Waals surface area contributed by atoms with Crippen molar-refractivity contribution >= 4 is 12.6 Å². The lowest BCUT2D eigenvalue weighted by atomic mass is 10.5. The minimum absolute atomic E-state index is 0.173. The van der Waals surface area contributed by atoms with Crippen LogP contribution >= 0.6 is 12.6 Å². The predicted octanol–water partition coefficient (Wildman–Crippen LogP) is 0.273. The molecule has 0 aromatic carbocycles. The highest BCUT2D eigenvalue weighted by molar-refractivity contribution is 7.80. The van der Waals surface area contributed by atoms with E-state index in [4.69, 9.17) is 5.11 Å². The van der Waals surface area contributed by atoms with E-state index in [1.807, 2.05) is 0 Å². The normalized spacial score (nSPS) is 9.43. The van der Waals surface area contributed by atoms with Gasteiger partial charge in [-0.25, -0.2) is 0 Å². The molecule has 0 saturated heterocycles. The van der Waals surface area contributed by atoms with Crippen LogP contribution in [0.1, 0.15) is 6.42 Å². The number of hydrogen-bond donors (Lipinski definition) is 2. The van der Waals surface area contributed by atoms with Gasteiger partial charge in [0.1, 0.15) is 6.79 Å². The van der Waals surface area contributed by atoms with Crippen molar-refractivity contribution in [1.82, 2.24) is 0 Å². The van der Waals surface area contributed by atoms with Gasteiger partial charge >= 0.3 is 0 Å². The van der Waals surface area contributed by atoms with Crippen LogP contribution in [0.4, 0.5) is 0 Å². The standard InChI is InChI=1S/C4H10O2S/c5-4-6-2-1-3-7/h5,7H,1-4H2. The molecule has 0 unspecified atom stereocenters. The smallest absolute Gasteiger partial charge is 0.143 e. The van der Waals surface area contributed by atoms with Crippen LogP contribution in [0.2, 0.25) is 0 Å². The van der Waals surface area contributed by atoms with Crippen molar-refractivity contribution in [2.24, 2.45) is 0 Å². The molecule has 7 heavy (non-hydrogen) atoms. The number of hydrogen-bond acceptors (Lipinski definition) is 3. The van der Waals surface area contributed by atoms with Crippen LogP contribution in [0.5, 0.6) is 0 Å². The van der Waals surface area contributed by atoms with Gasteiger partial charge in [-0.05, 0) is 12.2 Å². The van der Waals surface area contributed by atoms with Gasteiger partial charge in [-0.15, -0.1) is 0 Å². The Bertz CT molecular complexity index is 28.9. The maximum absolute atomic E-state index is 8.05. The molecule has 0 aromatic heterocycles. The number of rotatable bonds is 4. The van der Waals surface area contributed by atoms with Crippen molar-refractivity contribution < 1.29 is 9.84 Å². The Labute approximate surface area is 48.9 Å². The van der Waals surface area contributed by atoms with E-state index in [9.17, 15) is 0 Å². The lowest BCUT2D eigenvalue weighted by molar-refractivity contribution is -0.000515. The molecule has 1 N–H and O–H groups in total. The van der Waals surface area contributed by atoms with Crippen LogP contribution in [-0.4, -0.2) is 24.3 Å². The summed E-state index contributed by atoms with van der Waals surface area (Å²) in [6.07, 6.45) is 0.906. The lowest BCUT2D eigenvalue weighted by Crippen LogP contribution is -1.94. The highest BCUT2D eigenvalue weighted by Gasteiger charge is 1.79. The van der Waals surface area contributed by atoms with E-state index in [0.717, 1.165) is 12.2 Å². The monoisotopic (exact) mass is 122 g/mol. The average Bonchev–Trinajstić information content (AvgIpc) is 1.69. The quantitative estimate of drug-likeness (QED) is 0.318. The first-order chi connectivity index (χ1) is 3.41. The minimum Gasteiger partial charge on any atom is -0.371 e. The zero-order chi connectivity index (χ0) is 5.54. The van der Waals surface area contributed by atoms with Gasteiger partial charge in [0.15, 0.2) is 0 Å². The molecule has 44 valence electrons. The Kier molecular flexibility index (Phi) is 6.51. The van der Waals surface area contributed by atoms with Crippen molar-refractivity contribution in [3.63, 3.8) is 0 Å². The number of ether oxygens (including phenoxy) is 1. The van der Waals surface area contributed by atoms with E-state index >= 15 is 0 Å². The molecule has 0 aliphatic carbocycles. The molecule has 3 heteroatoms. The van der Waals surface area contributed by atoms with Crippen molar-refractivity contribution in [2.75, 3.05) is 19.2 Å². The topological polar surface area (TPSA) is 29.5 Å². The van der Waals surface area contributed by atoms with Crippen LogP contribution in [-0.2, 0) is 4.74 Å². The Balaban J connectivity index is 2.45. The molecule has 0 bridgehead atoms. The van der Waals surface area contributed by atoms with Crippen LogP contribution in [0.3, 0.4) is 0 Å². The van der Waals surface area contributed by atoms with Gasteiger partial charge < -0.3 is 9.84 Å². The van der Waals surface area contributed by atoms with Gasteiger partial charge in [0.2, 0.25) is 0 Å². The summed E-state index contributed by atoms with van der Waals surface area (Å²) in [6.45, 7) is 0.438. The summed E-state index contributed by atoms with van der Waals surface area (Å²) in [7, 11) is 0. The van der Waals surface area contributed by atoms with Gasteiger partial charge in [0, 0.05) is 0 Å². The molecule has 0 heterocycles. The van der Waals surface area contributed by atoms with E-state index in [2.05, 4.69) is 17.4 Å². The van der Waals surface area contributed by atoms with Gasteiger partial charge in [0.05, 0.1) is 6.61 Å².